The third-order valence-electron chi connectivity index (χ3n) is 2.25. The monoisotopic (exact) mass is 326 g/mol. The predicted octanol–water partition coefficient (Wildman–Crippen LogP) is 2.70. The van der Waals surface area contributed by atoms with E-state index in [9.17, 15) is 4.79 Å². The number of rotatable bonds is 3. The topological polar surface area (TPSA) is 80.9 Å². The molecule has 0 aliphatic carbocycles. The van der Waals surface area contributed by atoms with Crippen molar-refractivity contribution in [2.45, 2.75) is 13.3 Å². The first-order valence-corrected chi connectivity index (χ1v) is 6.90. The van der Waals surface area contributed by atoms with Gasteiger partial charge in [-0.25, -0.2) is 0 Å². The molecule has 18 heavy (non-hydrogen) atoms. The molecule has 0 bridgehead atoms. The number of carbonyl (C=O) groups is 1. The largest absolute Gasteiger partial charge is 0.398 e. The molecule has 0 fully saturated rings. The van der Waals surface area contributed by atoms with Crippen LogP contribution < -0.4 is 11.1 Å². The first-order valence-electron chi connectivity index (χ1n) is 5.29. The van der Waals surface area contributed by atoms with Gasteiger partial charge in [0.15, 0.2) is 0 Å². The molecule has 0 radical (unpaired) electrons. The molecule has 2 aromatic rings. The number of halogens is 1. The first-order chi connectivity index (χ1) is 8.60. The van der Waals surface area contributed by atoms with E-state index in [0.717, 1.165) is 11.4 Å². The Morgan fingerprint density at radius 3 is 2.89 bits per heavy atom. The van der Waals surface area contributed by atoms with Crippen LogP contribution in [0.4, 0.5) is 10.8 Å². The van der Waals surface area contributed by atoms with E-state index in [1.807, 2.05) is 6.92 Å². The number of carbonyl (C=O) groups excluding carboxylic acids is 1. The minimum absolute atomic E-state index is 0.227. The molecule has 3 N–H and O–H groups in total. The summed E-state index contributed by atoms with van der Waals surface area (Å²) in [4.78, 5) is 11.9. The van der Waals surface area contributed by atoms with Gasteiger partial charge in [0.25, 0.3) is 5.91 Å². The van der Waals surface area contributed by atoms with E-state index in [1.54, 1.807) is 18.2 Å². The van der Waals surface area contributed by atoms with Crippen LogP contribution in [0.2, 0.25) is 0 Å². The van der Waals surface area contributed by atoms with Crippen molar-refractivity contribution in [2.75, 3.05) is 11.1 Å². The Morgan fingerprint density at radius 2 is 2.28 bits per heavy atom. The first kappa shape index (κ1) is 13.0. The van der Waals surface area contributed by atoms with Gasteiger partial charge in [0.2, 0.25) is 5.13 Å². The van der Waals surface area contributed by atoms with Gasteiger partial charge in [0.05, 0.1) is 0 Å². The number of aryl methyl sites for hydroxylation is 1. The SMILES string of the molecule is CCc1nnc(NC(=O)c2ccc(N)c(Br)c2)s1. The van der Waals surface area contributed by atoms with E-state index < -0.39 is 0 Å². The second-order valence-corrected chi connectivity index (χ2v) is 5.46. The predicted molar refractivity (Wildman–Crippen MR) is 75.8 cm³/mol. The number of hydrogen-bond donors (Lipinski definition) is 2. The van der Waals surface area contributed by atoms with E-state index in [2.05, 4.69) is 31.4 Å². The molecule has 7 heteroatoms. The van der Waals surface area contributed by atoms with Crippen molar-refractivity contribution in [3.63, 3.8) is 0 Å². The third-order valence-corrected chi connectivity index (χ3v) is 3.92. The van der Waals surface area contributed by atoms with Gasteiger partial charge < -0.3 is 5.73 Å². The number of benzene rings is 1. The number of hydrogen-bond acceptors (Lipinski definition) is 5. The highest BCUT2D eigenvalue weighted by Crippen LogP contribution is 2.22. The second kappa shape index (κ2) is 5.45. The molecule has 1 amide bonds. The fourth-order valence-electron chi connectivity index (χ4n) is 1.28. The normalized spacial score (nSPS) is 10.3. The fourth-order valence-corrected chi connectivity index (χ4v) is 2.34. The number of nitrogen functional groups attached to an aromatic ring is 1. The van der Waals surface area contributed by atoms with Crippen LogP contribution in [0.1, 0.15) is 22.3 Å². The molecule has 2 rings (SSSR count). The summed E-state index contributed by atoms with van der Waals surface area (Å²) in [5, 5.41) is 11.9. The number of amides is 1. The van der Waals surface area contributed by atoms with Gasteiger partial charge in [0.1, 0.15) is 5.01 Å². The number of nitrogens with one attached hydrogen (secondary N) is 1. The Labute approximate surface area is 117 Å². The molecular formula is C11H11BrN4OS. The van der Waals surface area contributed by atoms with Crippen molar-refractivity contribution in [2.24, 2.45) is 0 Å². The van der Waals surface area contributed by atoms with Crippen molar-refractivity contribution >= 4 is 44.0 Å². The lowest BCUT2D eigenvalue weighted by Crippen LogP contribution is -2.11. The lowest BCUT2D eigenvalue weighted by atomic mass is 10.2. The van der Waals surface area contributed by atoms with E-state index in [-0.39, 0.29) is 5.91 Å². The van der Waals surface area contributed by atoms with Crippen LogP contribution in [0.15, 0.2) is 22.7 Å². The third kappa shape index (κ3) is 2.85. The molecule has 0 atom stereocenters. The van der Waals surface area contributed by atoms with Crippen LogP contribution in [0.5, 0.6) is 0 Å². The van der Waals surface area contributed by atoms with Gasteiger partial charge in [-0.2, -0.15) is 0 Å². The molecule has 5 nitrogen and oxygen atoms in total. The van der Waals surface area contributed by atoms with Crippen LogP contribution in [-0.4, -0.2) is 16.1 Å². The van der Waals surface area contributed by atoms with Crippen LogP contribution in [0, 0.1) is 0 Å². The molecule has 1 aromatic carbocycles. The highest BCUT2D eigenvalue weighted by Gasteiger charge is 2.10. The molecule has 0 saturated heterocycles. The number of nitrogens with zero attached hydrogens (tertiary/aromatic N) is 2. The number of nitrogens with two attached hydrogens (primary N) is 1. The van der Waals surface area contributed by atoms with Gasteiger partial charge in [-0.1, -0.05) is 18.3 Å². The highest BCUT2D eigenvalue weighted by atomic mass is 79.9. The van der Waals surface area contributed by atoms with Crippen LogP contribution in [0.25, 0.3) is 0 Å². The van der Waals surface area contributed by atoms with Crippen molar-refractivity contribution in [1.29, 1.82) is 0 Å². The minimum Gasteiger partial charge on any atom is -0.398 e. The standard InChI is InChI=1S/C11H11BrN4OS/c1-2-9-15-16-11(18-9)14-10(17)6-3-4-8(13)7(12)5-6/h3-5H,2,13H2,1H3,(H,14,16,17). The van der Waals surface area contributed by atoms with Crippen LogP contribution >= 0.6 is 27.3 Å². The lowest BCUT2D eigenvalue weighted by molar-refractivity contribution is 0.102. The molecule has 0 aliphatic rings. The Hall–Kier alpha value is -1.47. The van der Waals surface area contributed by atoms with Crippen molar-refractivity contribution in [3.8, 4) is 0 Å². The van der Waals surface area contributed by atoms with Crippen molar-refractivity contribution < 1.29 is 4.79 Å². The smallest absolute Gasteiger partial charge is 0.257 e. The van der Waals surface area contributed by atoms with Gasteiger partial charge in [-0.3, -0.25) is 10.1 Å². The zero-order chi connectivity index (χ0) is 13.1. The van der Waals surface area contributed by atoms with E-state index in [4.69, 9.17) is 5.73 Å². The molecule has 1 aromatic heterocycles. The zero-order valence-corrected chi connectivity index (χ0v) is 12.0. The zero-order valence-electron chi connectivity index (χ0n) is 9.61. The molecule has 0 spiro atoms. The second-order valence-electron chi connectivity index (χ2n) is 3.54. The molecule has 0 unspecified atom stereocenters. The van der Waals surface area contributed by atoms with Gasteiger partial charge in [0, 0.05) is 15.7 Å². The summed E-state index contributed by atoms with van der Waals surface area (Å²) in [7, 11) is 0. The maximum absolute atomic E-state index is 11.9. The maximum atomic E-state index is 11.9. The van der Waals surface area contributed by atoms with Crippen molar-refractivity contribution in [3.05, 3.63) is 33.2 Å². The molecule has 0 saturated carbocycles. The van der Waals surface area contributed by atoms with Crippen LogP contribution in [-0.2, 0) is 6.42 Å². The summed E-state index contributed by atoms with van der Waals surface area (Å²) in [6.45, 7) is 1.99. The molecule has 94 valence electrons. The van der Waals surface area contributed by atoms with Crippen LogP contribution in [0.3, 0.4) is 0 Å². The molecule has 0 aliphatic heterocycles. The van der Waals surface area contributed by atoms with E-state index in [0.29, 0.717) is 20.9 Å². The van der Waals surface area contributed by atoms with E-state index in [1.165, 1.54) is 11.3 Å². The summed E-state index contributed by atoms with van der Waals surface area (Å²) < 4.78 is 0.696. The molecule has 1 heterocycles. The highest BCUT2D eigenvalue weighted by molar-refractivity contribution is 9.10. The lowest BCUT2D eigenvalue weighted by Gasteiger charge is -2.03. The van der Waals surface area contributed by atoms with Gasteiger partial charge in [-0.15, -0.1) is 10.2 Å². The molecular weight excluding hydrogens is 316 g/mol. The summed E-state index contributed by atoms with van der Waals surface area (Å²) in [6.07, 6.45) is 0.807. The summed E-state index contributed by atoms with van der Waals surface area (Å²) in [6, 6.07) is 5.01. The Morgan fingerprint density at radius 1 is 1.50 bits per heavy atom. The quantitative estimate of drug-likeness (QED) is 0.850. The average molecular weight is 327 g/mol. The van der Waals surface area contributed by atoms with Gasteiger partial charge in [-0.05, 0) is 40.5 Å². The Kier molecular flexibility index (Phi) is 3.93. The summed E-state index contributed by atoms with van der Waals surface area (Å²) >= 11 is 4.66. The number of aromatic nitrogens is 2. The Bertz CT molecular complexity index is 584. The summed E-state index contributed by atoms with van der Waals surface area (Å²) in [5.74, 6) is -0.227. The average Bonchev–Trinajstić information content (AvgIpc) is 2.80. The minimum atomic E-state index is -0.227. The summed E-state index contributed by atoms with van der Waals surface area (Å²) in [5.41, 5.74) is 6.78. The fraction of sp³-hybridized carbons (Fsp3) is 0.182. The van der Waals surface area contributed by atoms with Gasteiger partial charge >= 0.3 is 0 Å². The number of anilines is 2. The van der Waals surface area contributed by atoms with E-state index >= 15 is 0 Å². The Balaban J connectivity index is 2.14. The maximum Gasteiger partial charge on any atom is 0.257 e. The van der Waals surface area contributed by atoms with Crippen molar-refractivity contribution in [1.82, 2.24) is 10.2 Å².